The molecule has 2 rings (SSSR count). The Morgan fingerprint density at radius 1 is 1.28 bits per heavy atom. The van der Waals surface area contributed by atoms with Crippen LogP contribution in [0.25, 0.3) is 0 Å². The van der Waals surface area contributed by atoms with Crippen molar-refractivity contribution in [2.24, 2.45) is 0 Å². The molecule has 4 heteroatoms. The van der Waals surface area contributed by atoms with Crippen molar-refractivity contribution in [1.29, 1.82) is 0 Å². The molecule has 0 aliphatic rings. The summed E-state index contributed by atoms with van der Waals surface area (Å²) in [4.78, 5) is 12.2. The van der Waals surface area contributed by atoms with Gasteiger partial charge in [0, 0.05) is 12.2 Å². The number of nitrogens with zero attached hydrogens (tertiary/aromatic N) is 2. The van der Waals surface area contributed by atoms with Crippen molar-refractivity contribution in [2.75, 3.05) is 5.32 Å². The number of hydrogen-bond acceptors (Lipinski definition) is 2. The quantitative estimate of drug-likeness (QED) is 0.897. The maximum atomic E-state index is 12.2. The van der Waals surface area contributed by atoms with E-state index in [1.54, 1.807) is 4.68 Å². The van der Waals surface area contributed by atoms with Gasteiger partial charge in [-0.2, -0.15) is 5.10 Å². The second-order valence-electron chi connectivity index (χ2n) is 4.01. The number of benzene rings is 1. The molecule has 1 amide bonds. The smallest absolute Gasteiger partial charge is 0.273 e. The Hall–Kier alpha value is -2.10. The fraction of sp³-hybridized carbons (Fsp3) is 0.286. The molecule has 0 atom stereocenters. The van der Waals surface area contributed by atoms with E-state index in [0.29, 0.717) is 12.2 Å². The molecule has 0 saturated carbocycles. The van der Waals surface area contributed by atoms with Crippen LogP contribution >= 0.6 is 0 Å². The second kappa shape index (κ2) is 5.49. The molecule has 1 N–H and O–H groups in total. The minimum absolute atomic E-state index is 0.116. The lowest BCUT2D eigenvalue weighted by molar-refractivity contribution is 0.101. The molecule has 0 aliphatic carbocycles. The molecule has 18 heavy (non-hydrogen) atoms. The largest absolute Gasteiger partial charge is 0.321 e. The third kappa shape index (κ3) is 2.59. The van der Waals surface area contributed by atoms with Crippen molar-refractivity contribution in [3.63, 3.8) is 0 Å². The lowest BCUT2D eigenvalue weighted by Crippen LogP contribution is -2.17. The van der Waals surface area contributed by atoms with Crippen LogP contribution in [0.4, 0.5) is 5.69 Å². The molecule has 1 aromatic carbocycles. The molecule has 0 fully saturated rings. The molecule has 2 aromatic rings. The highest BCUT2D eigenvalue weighted by molar-refractivity contribution is 6.03. The summed E-state index contributed by atoms with van der Waals surface area (Å²) in [5, 5.41) is 7.24. The van der Waals surface area contributed by atoms with E-state index in [1.807, 2.05) is 50.2 Å². The Morgan fingerprint density at radius 2 is 2.00 bits per heavy atom. The van der Waals surface area contributed by atoms with Crippen LogP contribution in [0.5, 0.6) is 0 Å². The van der Waals surface area contributed by atoms with Crippen LogP contribution in [0.1, 0.15) is 30.0 Å². The average Bonchev–Trinajstić information content (AvgIpc) is 2.83. The zero-order chi connectivity index (χ0) is 13.0. The minimum atomic E-state index is -0.116. The van der Waals surface area contributed by atoms with Gasteiger partial charge in [-0.1, -0.05) is 25.1 Å². The summed E-state index contributed by atoms with van der Waals surface area (Å²) >= 11 is 0. The van der Waals surface area contributed by atoms with E-state index >= 15 is 0 Å². The summed E-state index contributed by atoms with van der Waals surface area (Å²) in [5.74, 6) is -0.116. The molecule has 0 aliphatic heterocycles. The van der Waals surface area contributed by atoms with Gasteiger partial charge in [-0.25, -0.2) is 0 Å². The number of aromatic nitrogens is 2. The second-order valence-corrected chi connectivity index (χ2v) is 4.01. The number of carbonyl (C=O) groups excluding carboxylic acids is 1. The van der Waals surface area contributed by atoms with Gasteiger partial charge >= 0.3 is 0 Å². The van der Waals surface area contributed by atoms with Gasteiger partial charge in [0.25, 0.3) is 5.91 Å². The molecule has 1 aromatic heterocycles. The number of aryl methyl sites for hydroxylation is 2. The standard InChI is InChI=1S/C14H17N3O/c1-3-11-10-13(17(4-2)16-11)14(18)15-12-8-6-5-7-9-12/h5-10H,3-4H2,1-2H3,(H,15,18). The van der Waals surface area contributed by atoms with Crippen molar-refractivity contribution in [2.45, 2.75) is 26.8 Å². The van der Waals surface area contributed by atoms with Crippen LogP contribution in [-0.2, 0) is 13.0 Å². The lowest BCUT2D eigenvalue weighted by atomic mass is 10.2. The van der Waals surface area contributed by atoms with E-state index in [-0.39, 0.29) is 5.91 Å². The predicted molar refractivity (Wildman–Crippen MR) is 71.7 cm³/mol. The maximum Gasteiger partial charge on any atom is 0.273 e. The summed E-state index contributed by atoms with van der Waals surface area (Å²) in [6.45, 7) is 4.70. The Kier molecular flexibility index (Phi) is 3.77. The van der Waals surface area contributed by atoms with Crippen LogP contribution in [0, 0.1) is 0 Å². The lowest BCUT2D eigenvalue weighted by Gasteiger charge is -2.06. The van der Waals surface area contributed by atoms with Gasteiger partial charge in [-0.05, 0) is 31.5 Å². The summed E-state index contributed by atoms with van der Waals surface area (Å²) < 4.78 is 1.73. The van der Waals surface area contributed by atoms with Crippen LogP contribution in [0.2, 0.25) is 0 Å². The SMILES string of the molecule is CCc1cc(C(=O)Nc2ccccc2)n(CC)n1. The van der Waals surface area contributed by atoms with Crippen molar-refractivity contribution in [3.05, 3.63) is 47.8 Å². The fourth-order valence-corrected chi connectivity index (χ4v) is 1.78. The van der Waals surface area contributed by atoms with Crippen LogP contribution in [-0.4, -0.2) is 15.7 Å². The zero-order valence-electron chi connectivity index (χ0n) is 10.7. The summed E-state index contributed by atoms with van der Waals surface area (Å²) in [7, 11) is 0. The number of para-hydroxylation sites is 1. The average molecular weight is 243 g/mol. The fourth-order valence-electron chi connectivity index (χ4n) is 1.78. The third-order valence-electron chi connectivity index (χ3n) is 2.76. The normalized spacial score (nSPS) is 10.3. The molecule has 0 bridgehead atoms. The first kappa shape index (κ1) is 12.4. The number of nitrogens with one attached hydrogen (secondary N) is 1. The zero-order valence-corrected chi connectivity index (χ0v) is 10.7. The van der Waals surface area contributed by atoms with Crippen LogP contribution in [0.15, 0.2) is 36.4 Å². The first-order chi connectivity index (χ1) is 8.74. The monoisotopic (exact) mass is 243 g/mol. The van der Waals surface area contributed by atoms with Gasteiger partial charge < -0.3 is 5.32 Å². The van der Waals surface area contributed by atoms with E-state index < -0.39 is 0 Å². The highest BCUT2D eigenvalue weighted by Crippen LogP contribution is 2.10. The molecule has 1 heterocycles. The van der Waals surface area contributed by atoms with E-state index in [2.05, 4.69) is 10.4 Å². The molecular weight excluding hydrogens is 226 g/mol. The van der Waals surface area contributed by atoms with Gasteiger partial charge in [-0.15, -0.1) is 0 Å². The number of amides is 1. The Bertz CT molecular complexity index is 531. The van der Waals surface area contributed by atoms with Gasteiger partial charge in [0.15, 0.2) is 0 Å². The molecule has 4 nitrogen and oxygen atoms in total. The number of carbonyl (C=O) groups is 1. The first-order valence-electron chi connectivity index (χ1n) is 6.17. The van der Waals surface area contributed by atoms with Crippen molar-refractivity contribution in [3.8, 4) is 0 Å². The summed E-state index contributed by atoms with van der Waals surface area (Å²) in [6.07, 6.45) is 0.832. The van der Waals surface area contributed by atoms with E-state index in [1.165, 1.54) is 0 Å². The van der Waals surface area contributed by atoms with E-state index in [4.69, 9.17) is 0 Å². The molecule has 0 radical (unpaired) electrons. The number of rotatable bonds is 4. The number of hydrogen-bond donors (Lipinski definition) is 1. The minimum Gasteiger partial charge on any atom is -0.321 e. The van der Waals surface area contributed by atoms with Crippen molar-refractivity contribution < 1.29 is 4.79 Å². The topological polar surface area (TPSA) is 46.9 Å². The molecule has 0 unspecified atom stereocenters. The predicted octanol–water partition coefficient (Wildman–Crippen LogP) is 2.72. The highest BCUT2D eigenvalue weighted by atomic mass is 16.2. The van der Waals surface area contributed by atoms with Crippen molar-refractivity contribution >= 4 is 11.6 Å². The van der Waals surface area contributed by atoms with Crippen molar-refractivity contribution in [1.82, 2.24) is 9.78 Å². The maximum absolute atomic E-state index is 12.2. The molecule has 0 spiro atoms. The van der Waals surface area contributed by atoms with Gasteiger partial charge in [0.05, 0.1) is 5.69 Å². The Balaban J connectivity index is 2.20. The molecule has 0 saturated heterocycles. The molecule has 94 valence electrons. The Morgan fingerprint density at radius 3 is 2.61 bits per heavy atom. The summed E-state index contributed by atoms with van der Waals surface area (Å²) in [6, 6.07) is 11.3. The first-order valence-corrected chi connectivity index (χ1v) is 6.17. The highest BCUT2D eigenvalue weighted by Gasteiger charge is 2.13. The van der Waals surface area contributed by atoms with Crippen LogP contribution < -0.4 is 5.32 Å². The van der Waals surface area contributed by atoms with E-state index in [0.717, 1.165) is 17.8 Å². The third-order valence-corrected chi connectivity index (χ3v) is 2.76. The number of anilines is 1. The van der Waals surface area contributed by atoms with Gasteiger partial charge in [0.1, 0.15) is 5.69 Å². The van der Waals surface area contributed by atoms with E-state index in [9.17, 15) is 4.79 Å². The molecular formula is C14H17N3O. The van der Waals surface area contributed by atoms with Gasteiger partial charge in [0.2, 0.25) is 0 Å². The van der Waals surface area contributed by atoms with Gasteiger partial charge in [-0.3, -0.25) is 9.48 Å². The Labute approximate surface area is 107 Å². The summed E-state index contributed by atoms with van der Waals surface area (Å²) in [5.41, 5.74) is 2.35. The van der Waals surface area contributed by atoms with Crippen LogP contribution in [0.3, 0.4) is 0 Å².